The van der Waals surface area contributed by atoms with Crippen molar-refractivity contribution >= 4 is 33.5 Å². The molecule has 1 aromatic carbocycles. The maximum Gasteiger partial charge on any atom is 0.348 e. The van der Waals surface area contributed by atoms with E-state index in [1.807, 2.05) is 0 Å². The van der Waals surface area contributed by atoms with Gasteiger partial charge in [0.25, 0.3) is 5.56 Å². The summed E-state index contributed by atoms with van der Waals surface area (Å²) in [7, 11) is 1.24. The highest BCUT2D eigenvalue weighted by molar-refractivity contribution is 7.20. The van der Waals surface area contributed by atoms with E-state index in [0.29, 0.717) is 11.1 Å². The normalized spacial score (nSPS) is 11.0. The van der Waals surface area contributed by atoms with Crippen LogP contribution in [0.15, 0.2) is 33.9 Å². The Labute approximate surface area is 173 Å². The third-order valence-electron chi connectivity index (χ3n) is 4.63. The molecule has 30 heavy (non-hydrogen) atoms. The summed E-state index contributed by atoms with van der Waals surface area (Å²) in [6.07, 6.45) is 0.335. The molecule has 0 amide bonds. The molecule has 158 valence electrons. The van der Waals surface area contributed by atoms with Gasteiger partial charge in [-0.25, -0.2) is 14.0 Å². The number of rotatable bonds is 7. The van der Waals surface area contributed by atoms with Gasteiger partial charge in [-0.1, -0.05) is 18.2 Å². The summed E-state index contributed by atoms with van der Waals surface area (Å²) < 4.78 is 20.9. The van der Waals surface area contributed by atoms with Gasteiger partial charge in [-0.3, -0.25) is 18.7 Å². The van der Waals surface area contributed by atoms with Crippen LogP contribution in [0, 0.1) is 5.82 Å². The van der Waals surface area contributed by atoms with E-state index in [4.69, 9.17) is 4.74 Å². The van der Waals surface area contributed by atoms with Gasteiger partial charge in [0.2, 0.25) is 0 Å². The van der Waals surface area contributed by atoms with Crippen LogP contribution in [-0.2, 0) is 36.0 Å². The Bertz CT molecular complexity index is 1260. The molecule has 2 aromatic heterocycles. The molecule has 0 aliphatic heterocycles. The highest BCUT2D eigenvalue weighted by Gasteiger charge is 2.26. The van der Waals surface area contributed by atoms with Crippen LogP contribution in [0.25, 0.3) is 10.2 Å². The fourth-order valence-corrected chi connectivity index (χ4v) is 4.45. The summed E-state index contributed by atoms with van der Waals surface area (Å²) in [6, 6.07) is 6.16. The van der Waals surface area contributed by atoms with Crippen molar-refractivity contribution in [2.45, 2.75) is 26.3 Å². The molecule has 3 rings (SSSR count). The second kappa shape index (κ2) is 8.62. The number of carbonyl (C=O) groups is 2. The van der Waals surface area contributed by atoms with Crippen LogP contribution in [0.2, 0.25) is 0 Å². The number of esters is 1. The number of ether oxygens (including phenoxy) is 1. The molecule has 2 heterocycles. The van der Waals surface area contributed by atoms with Crippen LogP contribution in [0.5, 0.6) is 0 Å². The van der Waals surface area contributed by atoms with E-state index >= 15 is 0 Å². The summed E-state index contributed by atoms with van der Waals surface area (Å²) in [6.45, 7) is 1.06. The third-order valence-corrected chi connectivity index (χ3v) is 5.86. The first kappa shape index (κ1) is 21.4. The summed E-state index contributed by atoms with van der Waals surface area (Å²) in [5, 5.41) is 9.26. The van der Waals surface area contributed by atoms with Gasteiger partial charge < -0.3 is 9.84 Å². The Hall–Kier alpha value is -3.27. The van der Waals surface area contributed by atoms with Gasteiger partial charge in [0, 0.05) is 7.05 Å². The number of thiophene rings is 1. The number of carboxylic acids is 1. The monoisotopic (exact) mass is 434 g/mol. The minimum atomic E-state index is -1.27. The lowest BCUT2D eigenvalue weighted by atomic mass is 10.0. The number of nitrogens with zero attached hydrogens (tertiary/aromatic N) is 2. The average molecular weight is 434 g/mol. The lowest BCUT2D eigenvalue weighted by Crippen LogP contribution is -2.39. The van der Waals surface area contributed by atoms with Crippen molar-refractivity contribution in [2.24, 2.45) is 7.05 Å². The molecule has 0 saturated carbocycles. The Morgan fingerprint density at radius 1 is 1.20 bits per heavy atom. The van der Waals surface area contributed by atoms with Gasteiger partial charge in [0.05, 0.1) is 12.0 Å². The van der Waals surface area contributed by atoms with Crippen molar-refractivity contribution < 1.29 is 23.8 Å². The van der Waals surface area contributed by atoms with Crippen molar-refractivity contribution in [3.05, 3.63) is 66.9 Å². The zero-order chi connectivity index (χ0) is 22.0. The first-order chi connectivity index (χ1) is 14.3. The van der Waals surface area contributed by atoms with Crippen molar-refractivity contribution in [2.75, 3.05) is 6.61 Å². The van der Waals surface area contributed by atoms with E-state index in [-0.39, 0.29) is 34.5 Å². The standard InChI is InChI=1S/C20H19FN2O6S/c1-3-29-19(27)16-12(9-8-11-6-4-5-7-13(11)21)15-17(26)22(2)20(28)23(10-14(24)25)18(15)30-16/h4-7H,3,8-10H2,1-2H3,(H,24,25). The number of carbonyl (C=O) groups excluding carboxylic acids is 1. The molecule has 0 aliphatic rings. The van der Waals surface area contributed by atoms with E-state index in [2.05, 4.69) is 0 Å². The minimum Gasteiger partial charge on any atom is -0.480 e. The largest absolute Gasteiger partial charge is 0.480 e. The Morgan fingerprint density at radius 3 is 2.53 bits per heavy atom. The van der Waals surface area contributed by atoms with E-state index in [0.717, 1.165) is 20.5 Å². The second-order valence-corrected chi connectivity index (χ2v) is 7.53. The highest BCUT2D eigenvalue weighted by atomic mass is 32.1. The quantitative estimate of drug-likeness (QED) is 0.570. The summed E-state index contributed by atoms with van der Waals surface area (Å²) in [4.78, 5) is 49.3. The molecule has 0 aliphatic carbocycles. The Balaban J connectivity index is 2.25. The number of hydrogen-bond donors (Lipinski definition) is 1. The van der Waals surface area contributed by atoms with Gasteiger partial charge in [-0.2, -0.15) is 0 Å². The van der Waals surface area contributed by atoms with Crippen molar-refractivity contribution in [3.63, 3.8) is 0 Å². The minimum absolute atomic E-state index is 0.0720. The summed E-state index contributed by atoms with van der Waals surface area (Å²) >= 11 is 0.835. The zero-order valence-corrected chi connectivity index (χ0v) is 17.1. The first-order valence-corrected chi connectivity index (χ1v) is 9.95. The van der Waals surface area contributed by atoms with Gasteiger partial charge in [-0.15, -0.1) is 11.3 Å². The summed E-state index contributed by atoms with van der Waals surface area (Å²) in [5.41, 5.74) is -0.724. The molecule has 10 heteroatoms. The van der Waals surface area contributed by atoms with E-state index < -0.39 is 35.5 Å². The second-order valence-electron chi connectivity index (χ2n) is 6.53. The zero-order valence-electron chi connectivity index (χ0n) is 16.3. The lowest BCUT2D eigenvalue weighted by Gasteiger charge is -2.08. The molecule has 0 radical (unpaired) electrons. The predicted molar refractivity (Wildman–Crippen MR) is 109 cm³/mol. The van der Waals surface area contributed by atoms with Crippen LogP contribution < -0.4 is 11.2 Å². The number of aromatic nitrogens is 2. The number of aryl methyl sites for hydroxylation is 2. The number of carboxylic acid groups (broad SMARTS) is 1. The number of aliphatic carboxylic acids is 1. The van der Waals surface area contributed by atoms with E-state index in [1.165, 1.54) is 13.1 Å². The van der Waals surface area contributed by atoms with Crippen molar-refractivity contribution in [1.82, 2.24) is 9.13 Å². The topological polar surface area (TPSA) is 108 Å². The SMILES string of the molecule is CCOC(=O)c1sc2c(c1CCc1ccccc1F)c(=O)n(C)c(=O)n2CC(=O)O. The average Bonchev–Trinajstić information content (AvgIpc) is 3.08. The van der Waals surface area contributed by atoms with Crippen LogP contribution in [0.1, 0.15) is 27.7 Å². The maximum atomic E-state index is 14.1. The van der Waals surface area contributed by atoms with Crippen LogP contribution in [-0.4, -0.2) is 32.8 Å². The molecular formula is C20H19FN2O6S. The lowest BCUT2D eigenvalue weighted by molar-refractivity contribution is -0.137. The van der Waals surface area contributed by atoms with Gasteiger partial charge in [0.1, 0.15) is 22.1 Å². The molecular weight excluding hydrogens is 415 g/mol. The van der Waals surface area contributed by atoms with Gasteiger partial charge >= 0.3 is 17.6 Å². The third kappa shape index (κ3) is 3.90. The molecule has 0 spiro atoms. The predicted octanol–water partition coefficient (Wildman–Crippen LogP) is 1.95. The van der Waals surface area contributed by atoms with Crippen LogP contribution in [0.3, 0.4) is 0 Å². The Kier molecular flexibility index (Phi) is 6.16. The van der Waals surface area contributed by atoms with E-state index in [9.17, 15) is 28.7 Å². The fraction of sp³-hybridized carbons (Fsp3) is 0.300. The number of fused-ring (bicyclic) bond motifs is 1. The summed E-state index contributed by atoms with van der Waals surface area (Å²) in [5.74, 6) is -2.36. The van der Waals surface area contributed by atoms with E-state index in [1.54, 1.807) is 25.1 Å². The Morgan fingerprint density at radius 2 is 1.90 bits per heavy atom. The molecule has 0 atom stereocenters. The van der Waals surface area contributed by atoms with Crippen molar-refractivity contribution in [3.8, 4) is 0 Å². The van der Waals surface area contributed by atoms with Gasteiger partial charge in [-0.05, 0) is 37.0 Å². The fourth-order valence-electron chi connectivity index (χ4n) is 3.22. The van der Waals surface area contributed by atoms with Gasteiger partial charge in [0.15, 0.2) is 0 Å². The highest BCUT2D eigenvalue weighted by Crippen LogP contribution is 2.30. The molecule has 1 N–H and O–H groups in total. The maximum absolute atomic E-state index is 14.1. The van der Waals surface area contributed by atoms with Crippen LogP contribution in [0.4, 0.5) is 4.39 Å². The molecule has 0 fully saturated rings. The first-order valence-electron chi connectivity index (χ1n) is 9.13. The molecule has 0 unspecified atom stereocenters. The number of hydrogen-bond acceptors (Lipinski definition) is 6. The smallest absolute Gasteiger partial charge is 0.348 e. The number of halogens is 1. The number of benzene rings is 1. The molecule has 8 nitrogen and oxygen atoms in total. The molecule has 3 aromatic rings. The van der Waals surface area contributed by atoms with Crippen LogP contribution >= 0.6 is 11.3 Å². The molecule has 0 bridgehead atoms. The molecule has 0 saturated heterocycles. The van der Waals surface area contributed by atoms with Crippen molar-refractivity contribution in [1.29, 1.82) is 0 Å².